The van der Waals surface area contributed by atoms with Crippen LogP contribution in [0.4, 0.5) is 0 Å². The van der Waals surface area contributed by atoms with Gasteiger partial charge < -0.3 is 10.2 Å². The van der Waals surface area contributed by atoms with Crippen LogP contribution in [0.25, 0.3) is 0 Å². The third-order valence-electron chi connectivity index (χ3n) is 3.73. The van der Waals surface area contributed by atoms with Crippen molar-refractivity contribution in [1.82, 2.24) is 10.2 Å². The second-order valence-electron chi connectivity index (χ2n) is 4.51. The first-order chi connectivity index (χ1) is 7.22. The third kappa shape index (κ3) is 1.16. The van der Waals surface area contributed by atoms with Crippen molar-refractivity contribution in [2.45, 2.75) is 31.8 Å². The fourth-order valence-electron chi connectivity index (χ4n) is 2.47. The summed E-state index contributed by atoms with van der Waals surface area (Å²) in [6.45, 7) is 2.19. The Hall–Kier alpha value is -0.960. The van der Waals surface area contributed by atoms with Crippen LogP contribution in [0.15, 0.2) is 28.2 Å². The monoisotopic (exact) mass is 223 g/mol. The molecule has 0 amide bonds. The lowest BCUT2D eigenvalue weighted by atomic mass is 9.76. The van der Waals surface area contributed by atoms with Gasteiger partial charge in [-0.1, -0.05) is 18.0 Å². The Morgan fingerprint density at radius 2 is 2.40 bits per heavy atom. The van der Waals surface area contributed by atoms with Gasteiger partial charge in [-0.2, -0.15) is 0 Å². The van der Waals surface area contributed by atoms with Crippen LogP contribution in [0.2, 0.25) is 0 Å². The molecular formula is C11H14ClN3. The fourth-order valence-corrected chi connectivity index (χ4v) is 2.67. The number of fused-ring (bicyclic) bond motifs is 1. The minimum absolute atomic E-state index is 0.105. The van der Waals surface area contributed by atoms with Gasteiger partial charge in [0, 0.05) is 18.3 Å². The summed E-state index contributed by atoms with van der Waals surface area (Å²) in [5, 5.41) is 3.67. The molecule has 1 N–H and O–H groups in total. The molecular weight excluding hydrogens is 210 g/mol. The van der Waals surface area contributed by atoms with E-state index in [0.29, 0.717) is 11.1 Å². The molecule has 1 fully saturated rings. The predicted octanol–water partition coefficient (Wildman–Crippen LogP) is 2.37. The van der Waals surface area contributed by atoms with E-state index >= 15 is 0 Å². The van der Waals surface area contributed by atoms with Crippen molar-refractivity contribution >= 4 is 17.8 Å². The van der Waals surface area contributed by atoms with Crippen LogP contribution >= 0.6 is 11.6 Å². The van der Waals surface area contributed by atoms with E-state index in [1.165, 1.54) is 19.3 Å². The number of nitrogens with zero attached hydrogens (tertiary/aromatic N) is 2. The largest absolute Gasteiger partial charge is 0.349 e. The van der Waals surface area contributed by atoms with Gasteiger partial charge in [0.15, 0.2) is 0 Å². The molecule has 4 heteroatoms. The lowest BCUT2D eigenvalue weighted by Crippen LogP contribution is -2.47. The minimum Gasteiger partial charge on any atom is -0.349 e. The number of hydrogen-bond donors (Lipinski definition) is 1. The summed E-state index contributed by atoms with van der Waals surface area (Å²) < 4.78 is 0. The predicted molar refractivity (Wildman–Crippen MR) is 61.2 cm³/mol. The van der Waals surface area contributed by atoms with Crippen LogP contribution < -0.4 is 5.32 Å². The maximum atomic E-state index is 6.10. The average Bonchev–Trinajstić information content (AvgIpc) is 2.43. The first-order valence-electron chi connectivity index (χ1n) is 5.39. The summed E-state index contributed by atoms with van der Waals surface area (Å²) in [5.74, 6) is 0.665. The molecule has 1 saturated carbocycles. The lowest BCUT2D eigenvalue weighted by molar-refractivity contribution is 0.0878. The van der Waals surface area contributed by atoms with Crippen molar-refractivity contribution in [1.29, 1.82) is 0 Å². The molecule has 80 valence electrons. The molecule has 0 saturated heterocycles. The zero-order chi connectivity index (χ0) is 10.5. The molecule has 0 aromatic heterocycles. The van der Waals surface area contributed by atoms with Crippen LogP contribution in [0.5, 0.6) is 0 Å². The van der Waals surface area contributed by atoms with Crippen molar-refractivity contribution < 1.29 is 0 Å². The van der Waals surface area contributed by atoms with Gasteiger partial charge >= 0.3 is 0 Å². The van der Waals surface area contributed by atoms with Crippen molar-refractivity contribution in [2.75, 3.05) is 0 Å². The summed E-state index contributed by atoms with van der Waals surface area (Å²) in [6.07, 6.45) is 9.67. The SMILES string of the molecule is CC1(C2CCC2)N=CC2=C(Cl)NC=CN21. The van der Waals surface area contributed by atoms with Crippen LogP contribution in [0, 0.1) is 5.92 Å². The molecule has 0 bridgehead atoms. The highest BCUT2D eigenvalue weighted by molar-refractivity contribution is 6.31. The molecule has 0 aromatic carbocycles. The normalized spacial score (nSPS) is 34.1. The maximum Gasteiger partial charge on any atom is 0.136 e. The number of hydrogen-bond acceptors (Lipinski definition) is 3. The van der Waals surface area contributed by atoms with Crippen molar-refractivity contribution in [2.24, 2.45) is 10.9 Å². The molecule has 1 aliphatic carbocycles. The zero-order valence-electron chi connectivity index (χ0n) is 8.70. The Labute approximate surface area is 94.5 Å². The van der Waals surface area contributed by atoms with E-state index in [1.54, 1.807) is 0 Å². The van der Waals surface area contributed by atoms with Gasteiger partial charge in [-0.15, -0.1) is 0 Å². The maximum absolute atomic E-state index is 6.10. The quantitative estimate of drug-likeness (QED) is 0.692. The summed E-state index contributed by atoms with van der Waals surface area (Å²) >= 11 is 6.10. The van der Waals surface area contributed by atoms with Crippen molar-refractivity contribution in [3.05, 3.63) is 23.3 Å². The smallest absolute Gasteiger partial charge is 0.136 e. The Kier molecular flexibility index (Phi) is 1.87. The van der Waals surface area contributed by atoms with E-state index < -0.39 is 0 Å². The second kappa shape index (κ2) is 3.01. The molecule has 3 aliphatic rings. The van der Waals surface area contributed by atoms with E-state index in [2.05, 4.69) is 22.1 Å². The highest BCUT2D eigenvalue weighted by Gasteiger charge is 2.46. The standard InChI is InChI=1S/C11H14ClN3/c1-11(8-3-2-4-8)14-7-9-10(12)13-5-6-15(9)11/h5-8,13H,2-4H2,1H3. The van der Waals surface area contributed by atoms with Crippen LogP contribution in [0.1, 0.15) is 26.2 Å². The lowest BCUT2D eigenvalue weighted by Gasteiger charge is -2.44. The molecule has 0 spiro atoms. The van der Waals surface area contributed by atoms with E-state index in [4.69, 9.17) is 11.6 Å². The Bertz CT molecular complexity index is 381. The highest BCUT2D eigenvalue weighted by Crippen LogP contribution is 2.45. The number of rotatable bonds is 1. The topological polar surface area (TPSA) is 27.6 Å². The number of allylic oxidation sites excluding steroid dienone is 1. The Morgan fingerprint density at radius 3 is 3.07 bits per heavy atom. The van der Waals surface area contributed by atoms with Gasteiger partial charge in [0.25, 0.3) is 0 Å². The first kappa shape index (κ1) is 9.28. The zero-order valence-corrected chi connectivity index (χ0v) is 9.46. The van der Waals surface area contributed by atoms with Crippen LogP contribution in [0.3, 0.4) is 0 Å². The molecule has 3 rings (SSSR count). The number of halogens is 1. The van der Waals surface area contributed by atoms with E-state index in [9.17, 15) is 0 Å². The van der Waals surface area contributed by atoms with Gasteiger partial charge in [0.1, 0.15) is 10.8 Å². The Balaban J connectivity index is 1.97. The second-order valence-corrected chi connectivity index (χ2v) is 4.89. The fraction of sp³-hybridized carbons (Fsp3) is 0.545. The van der Waals surface area contributed by atoms with Gasteiger partial charge in [-0.25, -0.2) is 0 Å². The van der Waals surface area contributed by atoms with E-state index in [-0.39, 0.29) is 5.66 Å². The summed E-state index contributed by atoms with van der Waals surface area (Å²) in [6, 6.07) is 0. The van der Waals surface area contributed by atoms with Crippen molar-refractivity contribution in [3.63, 3.8) is 0 Å². The van der Waals surface area contributed by atoms with Gasteiger partial charge in [-0.05, 0) is 19.8 Å². The van der Waals surface area contributed by atoms with E-state index in [0.717, 1.165) is 5.70 Å². The number of nitrogens with one attached hydrogen (secondary N) is 1. The van der Waals surface area contributed by atoms with E-state index in [1.807, 2.05) is 18.6 Å². The van der Waals surface area contributed by atoms with Crippen LogP contribution in [-0.4, -0.2) is 16.8 Å². The third-order valence-corrected chi connectivity index (χ3v) is 4.04. The van der Waals surface area contributed by atoms with Gasteiger partial charge in [0.05, 0.1) is 11.9 Å². The Morgan fingerprint density at radius 1 is 1.60 bits per heavy atom. The van der Waals surface area contributed by atoms with Gasteiger partial charge in [-0.3, -0.25) is 4.99 Å². The molecule has 0 radical (unpaired) electrons. The summed E-state index contributed by atoms with van der Waals surface area (Å²) in [4.78, 5) is 6.84. The molecule has 15 heavy (non-hydrogen) atoms. The molecule has 3 nitrogen and oxygen atoms in total. The number of aliphatic imine (C=N–C) groups is 1. The molecule has 1 unspecified atom stereocenters. The molecule has 0 aromatic rings. The highest BCUT2D eigenvalue weighted by atomic mass is 35.5. The molecule has 2 aliphatic heterocycles. The first-order valence-corrected chi connectivity index (χ1v) is 5.77. The summed E-state index contributed by atoms with van der Waals surface area (Å²) in [7, 11) is 0. The van der Waals surface area contributed by atoms with Crippen LogP contribution in [-0.2, 0) is 0 Å². The molecule has 2 heterocycles. The summed E-state index contributed by atoms with van der Waals surface area (Å²) in [5.41, 5.74) is 0.889. The minimum atomic E-state index is -0.105. The average molecular weight is 224 g/mol. The van der Waals surface area contributed by atoms with Crippen molar-refractivity contribution in [3.8, 4) is 0 Å². The van der Waals surface area contributed by atoms with Gasteiger partial charge in [0.2, 0.25) is 0 Å². The molecule has 1 atom stereocenters.